The Balaban J connectivity index is 1.53. The number of hydrazone groups is 1. The van der Waals surface area contributed by atoms with Crippen molar-refractivity contribution in [2.45, 2.75) is 5.12 Å². The highest BCUT2D eigenvalue weighted by Crippen LogP contribution is 2.53. The number of carbonyl (C=O) groups excluding carboxylic acids is 1. The molecule has 2 heterocycles. The van der Waals surface area contributed by atoms with E-state index in [4.69, 9.17) is 16.7 Å². The van der Waals surface area contributed by atoms with Crippen molar-refractivity contribution in [3.8, 4) is 0 Å². The van der Waals surface area contributed by atoms with Crippen LogP contribution >= 0.6 is 23.4 Å². The third kappa shape index (κ3) is 4.41. The van der Waals surface area contributed by atoms with Crippen LogP contribution < -0.4 is 14.8 Å². The summed E-state index contributed by atoms with van der Waals surface area (Å²) < 4.78 is 0. The first-order chi connectivity index (χ1) is 19.4. The number of thioether (sulfide) groups is 1. The van der Waals surface area contributed by atoms with E-state index in [2.05, 4.69) is 17.0 Å². The Bertz CT molecular complexity index is 1590. The number of hydrogen-bond acceptors (Lipinski definition) is 6. The maximum absolute atomic E-state index is 14.4. The van der Waals surface area contributed by atoms with E-state index in [1.54, 1.807) is 0 Å². The van der Waals surface area contributed by atoms with Crippen molar-refractivity contribution < 1.29 is 4.79 Å². The molecule has 0 N–H and O–H groups in total. The molecule has 1 saturated heterocycles. The van der Waals surface area contributed by atoms with Crippen LogP contribution in [0, 0.1) is 0 Å². The number of hydrogen-bond donors (Lipinski definition) is 0. The quantitative estimate of drug-likeness (QED) is 0.245. The summed E-state index contributed by atoms with van der Waals surface area (Å²) in [7, 11) is 5.98. The predicted molar refractivity (Wildman–Crippen MR) is 168 cm³/mol. The highest BCUT2D eigenvalue weighted by molar-refractivity contribution is 8.16. The standard InChI is InChI=1S/C32H28ClN5OS/c1-35(2)26-20-14-23(15-21-26)22-29-31(39)37(27-10-6-4-7-11-27)32(36(29)3)38(28-12-8-5-9-13-28)34-30(40-32)24-16-18-25(33)19-17-24/h4-22H,1-3H3/b29-22+. The molecule has 6 rings (SSSR count). The molecular formula is C32H28ClN5OS. The van der Waals surface area contributed by atoms with Crippen LogP contribution in [0.15, 0.2) is 120 Å². The first-order valence-electron chi connectivity index (χ1n) is 12.9. The molecule has 0 radical (unpaired) electrons. The van der Waals surface area contributed by atoms with Gasteiger partial charge in [-0.3, -0.25) is 9.69 Å². The number of nitrogens with zero attached hydrogens (tertiary/aromatic N) is 5. The minimum atomic E-state index is -1.02. The molecule has 6 nitrogen and oxygen atoms in total. The summed E-state index contributed by atoms with van der Waals surface area (Å²) in [6, 6.07) is 35.6. The molecule has 1 atom stereocenters. The van der Waals surface area contributed by atoms with Crippen LogP contribution in [-0.2, 0) is 4.79 Å². The number of halogens is 1. The summed E-state index contributed by atoms with van der Waals surface area (Å²) in [6.07, 6.45) is 1.95. The van der Waals surface area contributed by atoms with E-state index in [1.165, 1.54) is 11.8 Å². The SMILES string of the molecule is CN(C)c1ccc(/C=C2\C(=O)N(c3ccccc3)C3(SC(c4ccc(Cl)cc4)=NN3c3ccccc3)N2C)cc1. The number of carbonyl (C=O) groups is 1. The number of amides is 1. The van der Waals surface area contributed by atoms with E-state index in [9.17, 15) is 4.79 Å². The first kappa shape index (κ1) is 26.0. The van der Waals surface area contributed by atoms with E-state index in [1.807, 2.05) is 139 Å². The van der Waals surface area contributed by atoms with Gasteiger partial charge in [0.15, 0.2) is 0 Å². The van der Waals surface area contributed by atoms with Gasteiger partial charge in [-0.25, -0.2) is 5.01 Å². The minimum absolute atomic E-state index is 0.105. The zero-order valence-corrected chi connectivity index (χ0v) is 24.0. The molecular weight excluding hydrogens is 538 g/mol. The highest BCUT2D eigenvalue weighted by Gasteiger charge is 2.62. The molecule has 1 fully saturated rings. The molecule has 1 amide bonds. The second-order valence-electron chi connectivity index (χ2n) is 9.79. The average molecular weight is 566 g/mol. The van der Waals surface area contributed by atoms with Gasteiger partial charge < -0.3 is 9.80 Å². The van der Waals surface area contributed by atoms with Crippen LogP contribution in [0.5, 0.6) is 0 Å². The van der Waals surface area contributed by atoms with Gasteiger partial charge in [-0.1, -0.05) is 72.3 Å². The number of anilines is 3. The smallest absolute Gasteiger partial charge is 0.278 e. The molecule has 2 aliphatic heterocycles. The number of likely N-dealkylation sites (N-methyl/N-ethyl adjacent to an activating group) is 1. The minimum Gasteiger partial charge on any atom is -0.378 e. The monoisotopic (exact) mass is 565 g/mol. The fourth-order valence-corrected chi connectivity index (χ4v) is 6.46. The zero-order chi connectivity index (χ0) is 27.9. The Morgan fingerprint density at radius 1 is 0.825 bits per heavy atom. The fraction of sp³-hybridized carbons (Fsp3) is 0.125. The Hall–Kier alpha value is -4.20. The molecule has 1 spiro atoms. The normalized spacial score (nSPS) is 19.6. The number of para-hydroxylation sites is 2. The van der Waals surface area contributed by atoms with Crippen molar-refractivity contribution in [3.05, 3.63) is 131 Å². The molecule has 1 unspecified atom stereocenters. The second kappa shape index (κ2) is 10.4. The van der Waals surface area contributed by atoms with E-state index in [0.717, 1.165) is 33.2 Å². The molecule has 4 aromatic carbocycles. The van der Waals surface area contributed by atoms with Crippen LogP contribution in [0.1, 0.15) is 11.1 Å². The predicted octanol–water partition coefficient (Wildman–Crippen LogP) is 6.95. The lowest BCUT2D eigenvalue weighted by Gasteiger charge is -2.43. The summed E-state index contributed by atoms with van der Waals surface area (Å²) in [5, 5.41) is 7.50. The summed E-state index contributed by atoms with van der Waals surface area (Å²) in [6.45, 7) is 0. The molecule has 0 aliphatic carbocycles. The van der Waals surface area contributed by atoms with Crippen LogP contribution in [0.25, 0.3) is 6.08 Å². The van der Waals surface area contributed by atoms with E-state index in [0.29, 0.717) is 10.7 Å². The molecule has 0 bridgehead atoms. The average Bonchev–Trinajstić information content (AvgIpc) is 3.46. The molecule has 0 saturated carbocycles. The molecule has 200 valence electrons. The topological polar surface area (TPSA) is 42.4 Å². The molecule has 40 heavy (non-hydrogen) atoms. The van der Waals surface area contributed by atoms with Crippen molar-refractivity contribution >= 4 is 57.5 Å². The third-order valence-electron chi connectivity index (χ3n) is 7.03. The summed E-state index contributed by atoms with van der Waals surface area (Å²) in [4.78, 5) is 20.4. The van der Waals surface area contributed by atoms with Gasteiger partial charge in [0, 0.05) is 43.1 Å². The maximum Gasteiger partial charge on any atom is 0.278 e. The molecule has 8 heteroatoms. The summed E-state index contributed by atoms with van der Waals surface area (Å²) in [5.74, 6) is -0.105. The zero-order valence-electron chi connectivity index (χ0n) is 22.4. The second-order valence-corrected chi connectivity index (χ2v) is 11.4. The van der Waals surface area contributed by atoms with Crippen molar-refractivity contribution in [1.29, 1.82) is 0 Å². The molecule has 4 aromatic rings. The van der Waals surface area contributed by atoms with Crippen LogP contribution in [0.2, 0.25) is 5.02 Å². The first-order valence-corrected chi connectivity index (χ1v) is 14.1. The third-order valence-corrected chi connectivity index (χ3v) is 8.70. The lowest BCUT2D eigenvalue weighted by atomic mass is 10.1. The lowest BCUT2D eigenvalue weighted by Crippen LogP contribution is -2.59. The van der Waals surface area contributed by atoms with Gasteiger partial charge in [0.2, 0.25) is 0 Å². The summed E-state index contributed by atoms with van der Waals surface area (Å²) >= 11 is 7.74. The van der Waals surface area contributed by atoms with Gasteiger partial charge in [-0.05, 0) is 71.9 Å². The van der Waals surface area contributed by atoms with E-state index < -0.39 is 5.12 Å². The fourth-order valence-electron chi connectivity index (χ4n) is 4.95. The van der Waals surface area contributed by atoms with Crippen molar-refractivity contribution in [3.63, 3.8) is 0 Å². The maximum atomic E-state index is 14.4. The Labute approximate surface area is 243 Å². The van der Waals surface area contributed by atoms with Crippen LogP contribution in [-0.4, -0.2) is 42.1 Å². The van der Waals surface area contributed by atoms with Gasteiger partial charge in [-0.2, -0.15) is 5.10 Å². The number of rotatable bonds is 5. The Morgan fingerprint density at radius 3 is 2.02 bits per heavy atom. The van der Waals surface area contributed by atoms with Crippen LogP contribution in [0.4, 0.5) is 17.1 Å². The van der Waals surface area contributed by atoms with E-state index in [-0.39, 0.29) is 5.91 Å². The van der Waals surface area contributed by atoms with Crippen molar-refractivity contribution in [2.24, 2.45) is 5.10 Å². The van der Waals surface area contributed by atoms with Crippen molar-refractivity contribution in [1.82, 2.24) is 4.90 Å². The van der Waals surface area contributed by atoms with Gasteiger partial charge in [0.05, 0.1) is 5.69 Å². The van der Waals surface area contributed by atoms with Gasteiger partial charge in [0.25, 0.3) is 11.0 Å². The largest absolute Gasteiger partial charge is 0.378 e. The van der Waals surface area contributed by atoms with Crippen LogP contribution in [0.3, 0.4) is 0 Å². The molecule has 2 aliphatic rings. The summed E-state index contributed by atoms with van der Waals surface area (Å²) in [5.41, 5.74) is 5.19. The lowest BCUT2D eigenvalue weighted by molar-refractivity contribution is -0.114. The highest BCUT2D eigenvalue weighted by atomic mass is 35.5. The van der Waals surface area contributed by atoms with Gasteiger partial charge in [-0.15, -0.1) is 0 Å². The Kier molecular flexibility index (Phi) is 6.78. The molecule has 0 aromatic heterocycles. The van der Waals surface area contributed by atoms with Gasteiger partial charge in [0.1, 0.15) is 10.7 Å². The Morgan fingerprint density at radius 2 is 1.43 bits per heavy atom. The van der Waals surface area contributed by atoms with E-state index >= 15 is 0 Å². The van der Waals surface area contributed by atoms with Crippen molar-refractivity contribution in [2.75, 3.05) is 36.0 Å². The van der Waals surface area contributed by atoms with Gasteiger partial charge >= 0.3 is 0 Å². The number of benzene rings is 4.